The topological polar surface area (TPSA) is 107 Å². The molecule has 0 spiro atoms. The number of nitrogens with zero attached hydrogens (tertiary/aromatic N) is 1. The number of hydrogen-bond acceptors (Lipinski definition) is 6. The second kappa shape index (κ2) is 9.32. The number of benzene rings is 2. The zero-order valence-corrected chi connectivity index (χ0v) is 17.7. The monoisotopic (exact) mass is 441 g/mol. The van der Waals surface area contributed by atoms with Gasteiger partial charge in [-0.05, 0) is 30.7 Å². The van der Waals surface area contributed by atoms with E-state index in [-0.39, 0.29) is 23.8 Å². The minimum atomic E-state index is -3.72. The van der Waals surface area contributed by atoms with Crippen molar-refractivity contribution in [1.29, 1.82) is 0 Å². The number of carbonyl (C=O) groups excluding carboxylic acids is 1. The highest BCUT2D eigenvalue weighted by atomic mass is 32.2. The summed E-state index contributed by atoms with van der Waals surface area (Å²) < 4.78 is 38.8. The van der Waals surface area contributed by atoms with Gasteiger partial charge in [-0.2, -0.15) is 0 Å². The fraction of sp³-hybridized carbons (Fsp3) is 0.273. The van der Waals surface area contributed by atoms with E-state index < -0.39 is 10.0 Å². The van der Waals surface area contributed by atoms with Gasteiger partial charge in [-0.3, -0.25) is 9.78 Å². The maximum Gasteiger partial charge on any atom is 0.240 e. The third kappa shape index (κ3) is 5.12. The van der Waals surface area contributed by atoms with Crippen LogP contribution in [0.3, 0.4) is 0 Å². The van der Waals surface area contributed by atoms with Crippen LogP contribution in [0.2, 0.25) is 0 Å². The minimum absolute atomic E-state index is 0.100. The minimum Gasteiger partial charge on any atom is -0.490 e. The molecule has 1 aliphatic rings. The Balaban J connectivity index is 1.31. The van der Waals surface area contributed by atoms with Crippen molar-refractivity contribution >= 4 is 32.5 Å². The summed E-state index contributed by atoms with van der Waals surface area (Å²) in [7, 11) is -3.72. The molecule has 0 fully saturated rings. The van der Waals surface area contributed by atoms with Crippen molar-refractivity contribution < 1.29 is 22.7 Å². The van der Waals surface area contributed by atoms with Crippen LogP contribution in [-0.2, 0) is 14.8 Å². The zero-order chi connectivity index (χ0) is 21.7. The van der Waals surface area contributed by atoms with E-state index >= 15 is 0 Å². The van der Waals surface area contributed by atoms with Gasteiger partial charge in [0.1, 0.15) is 0 Å². The van der Waals surface area contributed by atoms with Crippen LogP contribution in [0.5, 0.6) is 11.5 Å². The molecule has 0 saturated heterocycles. The van der Waals surface area contributed by atoms with Crippen molar-refractivity contribution in [3.05, 3.63) is 54.7 Å². The molecule has 31 heavy (non-hydrogen) atoms. The molecule has 0 saturated carbocycles. The van der Waals surface area contributed by atoms with E-state index in [9.17, 15) is 13.2 Å². The molecule has 0 radical (unpaired) electrons. The maximum atomic E-state index is 12.6. The SMILES string of the molecule is O=C(CCCNS(=O)(=O)c1ccc2c(c1)OCCCO2)Nc1cccc2cccnc12. The first-order valence-electron chi connectivity index (χ1n) is 10.1. The van der Waals surface area contributed by atoms with E-state index in [2.05, 4.69) is 15.0 Å². The smallest absolute Gasteiger partial charge is 0.240 e. The lowest BCUT2D eigenvalue weighted by Gasteiger charge is -2.11. The number of carbonyl (C=O) groups is 1. The van der Waals surface area contributed by atoms with Crippen LogP contribution in [0.4, 0.5) is 5.69 Å². The summed E-state index contributed by atoms with van der Waals surface area (Å²) in [5, 5.41) is 3.78. The van der Waals surface area contributed by atoms with Crippen LogP contribution in [0, 0.1) is 0 Å². The Labute approximate surface area is 180 Å². The zero-order valence-electron chi connectivity index (χ0n) is 16.8. The Bertz CT molecular complexity index is 1190. The van der Waals surface area contributed by atoms with Gasteiger partial charge in [0, 0.05) is 37.0 Å². The van der Waals surface area contributed by atoms with E-state index in [0.717, 1.165) is 11.8 Å². The molecule has 2 heterocycles. The summed E-state index contributed by atoms with van der Waals surface area (Å²) >= 11 is 0. The summed E-state index contributed by atoms with van der Waals surface area (Å²) in [6.45, 7) is 1.15. The second-order valence-corrected chi connectivity index (χ2v) is 8.86. The summed E-state index contributed by atoms with van der Waals surface area (Å²) in [5.74, 6) is 0.757. The van der Waals surface area contributed by atoms with Gasteiger partial charge in [0.2, 0.25) is 15.9 Å². The van der Waals surface area contributed by atoms with Gasteiger partial charge in [0.25, 0.3) is 0 Å². The number of anilines is 1. The van der Waals surface area contributed by atoms with E-state index in [1.807, 2.05) is 24.3 Å². The predicted octanol–water partition coefficient (Wildman–Crippen LogP) is 3.09. The number of sulfonamides is 1. The van der Waals surface area contributed by atoms with Gasteiger partial charge in [0.15, 0.2) is 11.5 Å². The summed E-state index contributed by atoms with van der Waals surface area (Å²) in [6, 6.07) is 13.9. The van der Waals surface area contributed by atoms with E-state index in [1.54, 1.807) is 18.3 Å². The van der Waals surface area contributed by atoms with Crippen LogP contribution in [0.25, 0.3) is 10.9 Å². The Morgan fingerprint density at radius 2 is 1.84 bits per heavy atom. The average molecular weight is 442 g/mol. The van der Waals surface area contributed by atoms with Gasteiger partial charge in [0.05, 0.1) is 29.3 Å². The number of fused-ring (bicyclic) bond motifs is 2. The first-order valence-corrected chi connectivity index (χ1v) is 11.5. The van der Waals surface area contributed by atoms with Crippen molar-refractivity contribution in [2.24, 2.45) is 0 Å². The number of nitrogens with one attached hydrogen (secondary N) is 2. The number of ether oxygens (including phenoxy) is 2. The summed E-state index contributed by atoms with van der Waals surface area (Å²) in [4.78, 5) is 16.7. The molecule has 0 aliphatic carbocycles. The molecule has 8 nitrogen and oxygen atoms in total. The lowest BCUT2D eigenvalue weighted by molar-refractivity contribution is -0.116. The number of pyridine rings is 1. The lowest BCUT2D eigenvalue weighted by Crippen LogP contribution is -2.25. The number of rotatable bonds is 7. The third-order valence-corrected chi connectivity index (χ3v) is 6.27. The molecule has 1 aromatic heterocycles. The Morgan fingerprint density at radius 1 is 1.03 bits per heavy atom. The molecular weight excluding hydrogens is 418 g/mol. The van der Waals surface area contributed by atoms with Gasteiger partial charge in [-0.25, -0.2) is 13.1 Å². The van der Waals surface area contributed by atoms with E-state index in [1.165, 1.54) is 12.1 Å². The number of para-hydroxylation sites is 1. The molecule has 0 atom stereocenters. The molecule has 2 aromatic carbocycles. The van der Waals surface area contributed by atoms with Crippen LogP contribution < -0.4 is 19.5 Å². The highest BCUT2D eigenvalue weighted by molar-refractivity contribution is 7.89. The first kappa shape index (κ1) is 21.1. The molecule has 1 amide bonds. The van der Waals surface area contributed by atoms with Crippen molar-refractivity contribution in [1.82, 2.24) is 9.71 Å². The Hall–Kier alpha value is -3.17. The molecule has 3 aromatic rings. The van der Waals surface area contributed by atoms with E-state index in [4.69, 9.17) is 9.47 Å². The number of amides is 1. The average Bonchev–Trinajstić information content (AvgIpc) is 3.02. The third-order valence-electron chi connectivity index (χ3n) is 4.81. The number of hydrogen-bond donors (Lipinski definition) is 2. The molecule has 4 rings (SSSR count). The van der Waals surface area contributed by atoms with Crippen molar-refractivity contribution in [3.63, 3.8) is 0 Å². The molecule has 162 valence electrons. The van der Waals surface area contributed by atoms with Crippen LogP contribution in [0.1, 0.15) is 19.3 Å². The molecular formula is C22H23N3O5S. The molecule has 2 N–H and O–H groups in total. The standard InChI is InChI=1S/C22H23N3O5S/c26-21(25-18-7-1-5-16-6-2-11-23-22(16)18)8-3-12-24-31(27,28)17-9-10-19-20(15-17)30-14-4-13-29-19/h1-2,5-7,9-11,15,24H,3-4,8,12-14H2,(H,25,26). The summed E-state index contributed by atoms with van der Waals surface area (Å²) in [5.41, 5.74) is 1.35. The van der Waals surface area contributed by atoms with Crippen molar-refractivity contribution in [2.75, 3.05) is 25.1 Å². The Kier molecular flexibility index (Phi) is 6.34. The molecule has 0 unspecified atom stereocenters. The van der Waals surface area contributed by atoms with Crippen LogP contribution >= 0.6 is 0 Å². The first-order chi connectivity index (χ1) is 15.0. The fourth-order valence-electron chi connectivity index (χ4n) is 3.27. The highest BCUT2D eigenvalue weighted by Crippen LogP contribution is 2.31. The van der Waals surface area contributed by atoms with Crippen molar-refractivity contribution in [3.8, 4) is 11.5 Å². The Morgan fingerprint density at radius 3 is 2.71 bits per heavy atom. The van der Waals surface area contributed by atoms with Crippen LogP contribution in [-0.4, -0.2) is 39.1 Å². The summed E-state index contributed by atoms with van der Waals surface area (Å²) in [6.07, 6.45) is 2.94. The lowest BCUT2D eigenvalue weighted by atomic mass is 10.2. The van der Waals surface area contributed by atoms with Gasteiger partial charge >= 0.3 is 0 Å². The quantitative estimate of drug-likeness (QED) is 0.546. The maximum absolute atomic E-state index is 12.6. The predicted molar refractivity (Wildman–Crippen MR) is 117 cm³/mol. The van der Waals surface area contributed by atoms with Gasteiger partial charge in [-0.1, -0.05) is 18.2 Å². The largest absolute Gasteiger partial charge is 0.490 e. The normalized spacial score (nSPS) is 13.5. The van der Waals surface area contributed by atoms with Crippen molar-refractivity contribution in [2.45, 2.75) is 24.2 Å². The van der Waals surface area contributed by atoms with Gasteiger partial charge < -0.3 is 14.8 Å². The van der Waals surface area contributed by atoms with Crippen LogP contribution in [0.15, 0.2) is 59.6 Å². The molecule has 9 heteroatoms. The highest BCUT2D eigenvalue weighted by Gasteiger charge is 2.18. The second-order valence-electron chi connectivity index (χ2n) is 7.09. The molecule has 0 bridgehead atoms. The fourth-order valence-corrected chi connectivity index (χ4v) is 4.36. The van der Waals surface area contributed by atoms with E-state index in [0.29, 0.717) is 42.3 Å². The molecule has 1 aliphatic heterocycles. The number of aromatic nitrogens is 1. The van der Waals surface area contributed by atoms with Gasteiger partial charge in [-0.15, -0.1) is 0 Å².